The lowest BCUT2D eigenvalue weighted by Gasteiger charge is -2.33. The molecule has 0 fully saturated rings. The summed E-state index contributed by atoms with van der Waals surface area (Å²) in [6, 6.07) is 19.6. The fraction of sp³-hybridized carbons (Fsp3) is 0.250. The molecule has 0 aliphatic carbocycles. The molecule has 0 unspecified atom stereocenters. The van der Waals surface area contributed by atoms with E-state index in [0.717, 1.165) is 32.1 Å². The number of carbonyl (C=O) groups is 4. The van der Waals surface area contributed by atoms with Gasteiger partial charge >= 0.3 is 0 Å². The molecule has 2 heterocycles. The van der Waals surface area contributed by atoms with Gasteiger partial charge in [0.15, 0.2) is 0 Å². The maximum absolute atomic E-state index is 14.9. The SMILES string of the molecule is CC(C)c1cccc(C(C)C)c1N1C(=O)c2ccc3c4c([N+](=O)[O-])cc5c6c(ccc(c7c([N+](=O)[O-])cc(c2c37)C1=O)c64)C(=O)N(c1c(C(C)C)cccc1C(C)C)C5=O. The Labute approximate surface area is 344 Å². The van der Waals surface area contributed by atoms with Gasteiger partial charge in [-0.15, -0.1) is 0 Å². The van der Waals surface area contributed by atoms with Gasteiger partial charge in [-0.2, -0.15) is 0 Å². The van der Waals surface area contributed by atoms with Gasteiger partial charge in [-0.3, -0.25) is 39.4 Å². The minimum absolute atomic E-state index is 0.0372. The number of imide groups is 2. The number of non-ortho nitro benzene ring substituents is 2. The van der Waals surface area contributed by atoms with Crippen LogP contribution in [0.3, 0.4) is 0 Å². The Morgan fingerprint density at radius 3 is 1.00 bits per heavy atom. The van der Waals surface area contributed by atoms with E-state index in [4.69, 9.17) is 0 Å². The van der Waals surface area contributed by atoms with E-state index < -0.39 is 44.9 Å². The molecule has 300 valence electrons. The van der Waals surface area contributed by atoms with Gasteiger partial charge in [0.2, 0.25) is 0 Å². The van der Waals surface area contributed by atoms with Crippen LogP contribution < -0.4 is 9.80 Å². The number of fused-ring (bicyclic) bond motifs is 2. The number of nitro groups is 2. The number of amides is 4. The van der Waals surface area contributed by atoms with Crippen LogP contribution >= 0.6 is 0 Å². The molecule has 7 aromatic carbocycles. The second kappa shape index (κ2) is 13.2. The minimum Gasteiger partial charge on any atom is -0.268 e. The van der Waals surface area contributed by atoms with Crippen LogP contribution in [0, 0.1) is 20.2 Å². The van der Waals surface area contributed by atoms with Crippen LogP contribution in [-0.2, 0) is 0 Å². The van der Waals surface area contributed by atoms with E-state index in [-0.39, 0.29) is 89.0 Å². The number of nitrogens with zero attached hydrogens (tertiary/aromatic N) is 4. The maximum Gasteiger partial charge on any atom is 0.278 e. The molecule has 0 saturated heterocycles. The molecule has 0 atom stereocenters. The normalized spacial score (nSPS) is 14.3. The Balaban J connectivity index is 1.40. The van der Waals surface area contributed by atoms with Gasteiger partial charge in [0.1, 0.15) is 0 Å². The molecule has 60 heavy (non-hydrogen) atoms. The molecule has 0 bridgehead atoms. The van der Waals surface area contributed by atoms with Crippen molar-refractivity contribution in [3.05, 3.63) is 138 Å². The van der Waals surface area contributed by atoms with E-state index >= 15 is 0 Å². The van der Waals surface area contributed by atoms with Gasteiger partial charge in [0.25, 0.3) is 35.0 Å². The van der Waals surface area contributed by atoms with E-state index in [1.54, 1.807) is 0 Å². The Kier molecular flexibility index (Phi) is 8.47. The molecular weight excluding hydrogens is 761 g/mol. The summed E-state index contributed by atoms with van der Waals surface area (Å²) in [5.74, 6) is -3.10. The lowest BCUT2D eigenvalue weighted by molar-refractivity contribution is -0.383. The monoisotopic (exact) mass is 800 g/mol. The predicted molar refractivity (Wildman–Crippen MR) is 232 cm³/mol. The van der Waals surface area contributed by atoms with Crippen molar-refractivity contribution in [1.29, 1.82) is 0 Å². The van der Waals surface area contributed by atoms with Crippen molar-refractivity contribution in [1.82, 2.24) is 0 Å². The molecule has 0 spiro atoms. The third-order valence-corrected chi connectivity index (χ3v) is 12.3. The van der Waals surface area contributed by atoms with Crippen LogP contribution in [0.4, 0.5) is 22.7 Å². The quantitative estimate of drug-likeness (QED) is 0.0482. The fourth-order valence-corrected chi connectivity index (χ4v) is 9.66. The van der Waals surface area contributed by atoms with Gasteiger partial charge in [0.05, 0.1) is 43.1 Å². The third-order valence-electron chi connectivity index (χ3n) is 12.3. The molecule has 0 radical (unpaired) electrons. The average Bonchev–Trinajstić information content (AvgIpc) is 3.20. The highest BCUT2D eigenvalue weighted by Gasteiger charge is 2.43. The highest BCUT2D eigenvalue weighted by molar-refractivity contribution is 6.47. The number of carbonyl (C=O) groups excluding carboxylic acids is 4. The molecule has 12 heteroatoms. The van der Waals surface area contributed by atoms with Crippen molar-refractivity contribution >= 4 is 89.5 Å². The van der Waals surface area contributed by atoms with E-state index in [0.29, 0.717) is 11.4 Å². The van der Waals surface area contributed by atoms with Crippen molar-refractivity contribution in [2.24, 2.45) is 0 Å². The standard InChI is InChI=1S/C48H40N4O8/c1-21(2)25-11-9-12-26(22(3)4)43(25)49-45(53)31-17-15-29-40-36(52(59)60)20-34-38-32(46(54)50(48(34)56)44-27(23(5)6)13-10-14-28(44)24(7)8)18-16-30(42(38)40)39-35(51(57)58)19-33(47(49)55)37(31)41(29)39/h9-24H,1-8H3. The summed E-state index contributed by atoms with van der Waals surface area (Å²) in [4.78, 5) is 86.7. The van der Waals surface area contributed by atoms with E-state index in [2.05, 4.69) is 0 Å². The second-order valence-electron chi connectivity index (χ2n) is 17.1. The van der Waals surface area contributed by atoms with Gasteiger partial charge in [0, 0.05) is 44.8 Å². The van der Waals surface area contributed by atoms with Crippen molar-refractivity contribution in [3.8, 4) is 0 Å². The summed E-state index contributed by atoms with van der Waals surface area (Å²) in [5.41, 5.74) is 2.99. The Morgan fingerprint density at radius 2 is 0.717 bits per heavy atom. The number of nitro benzene ring substituents is 2. The molecule has 0 N–H and O–H groups in total. The zero-order valence-electron chi connectivity index (χ0n) is 34.3. The zero-order chi connectivity index (χ0) is 43.0. The summed E-state index contributed by atoms with van der Waals surface area (Å²) in [6.07, 6.45) is 0. The molecule has 4 amide bonds. The summed E-state index contributed by atoms with van der Waals surface area (Å²) in [6.45, 7) is 15.7. The largest absolute Gasteiger partial charge is 0.278 e. The summed E-state index contributed by atoms with van der Waals surface area (Å²) in [7, 11) is 0. The first-order valence-corrected chi connectivity index (χ1v) is 20.1. The first-order valence-electron chi connectivity index (χ1n) is 20.1. The van der Waals surface area contributed by atoms with Gasteiger partial charge < -0.3 is 0 Å². The fourth-order valence-electron chi connectivity index (χ4n) is 9.66. The number of hydrogen-bond donors (Lipinski definition) is 0. The van der Waals surface area contributed by atoms with Crippen molar-refractivity contribution in [2.45, 2.75) is 79.1 Å². The first kappa shape index (κ1) is 38.4. The van der Waals surface area contributed by atoms with Crippen LogP contribution in [0.1, 0.15) is 143 Å². The summed E-state index contributed by atoms with van der Waals surface area (Å²) in [5, 5.41) is 27.4. The molecule has 9 rings (SSSR count). The lowest BCUT2D eigenvalue weighted by atomic mass is 9.80. The number of para-hydroxylation sites is 2. The Morgan fingerprint density at radius 1 is 0.417 bits per heavy atom. The van der Waals surface area contributed by atoms with Crippen molar-refractivity contribution < 1.29 is 29.0 Å². The highest BCUT2D eigenvalue weighted by Crippen LogP contribution is 2.53. The Bertz CT molecular complexity index is 2900. The van der Waals surface area contributed by atoms with Crippen LogP contribution in [-0.4, -0.2) is 33.5 Å². The summed E-state index contributed by atoms with van der Waals surface area (Å²) >= 11 is 0. The summed E-state index contributed by atoms with van der Waals surface area (Å²) < 4.78 is 0. The molecule has 2 aliphatic heterocycles. The smallest absolute Gasteiger partial charge is 0.268 e. The molecule has 7 aromatic rings. The third kappa shape index (κ3) is 5.02. The first-order chi connectivity index (χ1) is 28.5. The molecular formula is C48H40N4O8. The number of benzene rings is 7. The molecule has 12 nitrogen and oxygen atoms in total. The highest BCUT2D eigenvalue weighted by atomic mass is 16.6. The van der Waals surface area contributed by atoms with Crippen LogP contribution in [0.5, 0.6) is 0 Å². The van der Waals surface area contributed by atoms with Crippen molar-refractivity contribution in [3.63, 3.8) is 0 Å². The van der Waals surface area contributed by atoms with Crippen LogP contribution in [0.2, 0.25) is 0 Å². The van der Waals surface area contributed by atoms with Crippen LogP contribution in [0.25, 0.3) is 43.1 Å². The molecule has 0 aromatic heterocycles. The Hall–Kier alpha value is -7.08. The van der Waals surface area contributed by atoms with Crippen molar-refractivity contribution in [2.75, 3.05) is 9.80 Å². The second-order valence-corrected chi connectivity index (χ2v) is 17.1. The van der Waals surface area contributed by atoms with Gasteiger partial charge in [-0.1, -0.05) is 104 Å². The minimum atomic E-state index is -0.751. The molecule has 0 saturated carbocycles. The number of hydrogen-bond acceptors (Lipinski definition) is 8. The topological polar surface area (TPSA) is 161 Å². The number of rotatable bonds is 8. The predicted octanol–water partition coefficient (Wildman–Crippen LogP) is 11.6. The van der Waals surface area contributed by atoms with Crippen LogP contribution in [0.15, 0.2) is 72.8 Å². The zero-order valence-corrected chi connectivity index (χ0v) is 34.3. The van der Waals surface area contributed by atoms with E-state index in [1.807, 2.05) is 91.8 Å². The average molecular weight is 801 g/mol. The number of anilines is 2. The molecule has 2 aliphatic rings. The lowest BCUT2D eigenvalue weighted by Crippen LogP contribution is -2.42. The van der Waals surface area contributed by atoms with E-state index in [1.165, 1.54) is 36.4 Å². The van der Waals surface area contributed by atoms with Gasteiger partial charge in [-0.05, 0) is 68.8 Å². The van der Waals surface area contributed by atoms with Gasteiger partial charge in [-0.25, -0.2) is 9.80 Å². The van der Waals surface area contributed by atoms with E-state index in [9.17, 15) is 39.4 Å². The maximum atomic E-state index is 14.9.